The molecule has 1 amide bonds. The monoisotopic (exact) mass is 399 g/mol. The minimum Gasteiger partial charge on any atom is -0.467 e. The molecular weight excluding hydrogens is 377 g/mol. The highest BCUT2D eigenvalue weighted by atomic mass is 32.1. The summed E-state index contributed by atoms with van der Waals surface area (Å²) in [6.45, 7) is 0.309. The Morgan fingerprint density at radius 1 is 1.18 bits per heavy atom. The van der Waals surface area contributed by atoms with Gasteiger partial charge in [-0.3, -0.25) is 4.79 Å². The molecule has 1 aliphatic rings. The Kier molecular flexibility index (Phi) is 5.52. The number of hydrogen-bond acceptors (Lipinski definition) is 5. The molecule has 0 bridgehead atoms. The first-order chi connectivity index (χ1) is 13.6. The van der Waals surface area contributed by atoms with Crippen LogP contribution in [0.5, 0.6) is 5.88 Å². The maximum absolute atomic E-state index is 13.0. The highest BCUT2D eigenvalue weighted by molar-refractivity contribution is 7.18. The van der Waals surface area contributed by atoms with Crippen molar-refractivity contribution in [1.29, 1.82) is 0 Å². The molecule has 1 aromatic carbocycles. The minimum atomic E-state index is -0.288. The number of likely N-dealkylation sites (N-methyl/N-ethyl adjacent to an activating group) is 1. The number of fused-ring (bicyclic) bond motifs is 3. The number of thiophene rings is 1. The lowest BCUT2D eigenvalue weighted by atomic mass is 10.1. The highest BCUT2D eigenvalue weighted by Crippen LogP contribution is 2.38. The highest BCUT2D eigenvalue weighted by Gasteiger charge is 2.20. The summed E-state index contributed by atoms with van der Waals surface area (Å²) in [5, 5.41) is 0.971. The van der Waals surface area contributed by atoms with E-state index >= 15 is 0 Å². The number of amides is 1. The van der Waals surface area contributed by atoms with Crippen LogP contribution in [0.2, 0.25) is 0 Å². The van der Waals surface area contributed by atoms with Gasteiger partial charge in [0.05, 0.1) is 5.39 Å². The van der Waals surface area contributed by atoms with Crippen molar-refractivity contribution in [3.05, 3.63) is 52.4 Å². The maximum Gasteiger partial charge on any atom is 0.260 e. The van der Waals surface area contributed by atoms with E-state index in [0.29, 0.717) is 12.4 Å². The Hall–Kier alpha value is -2.54. The van der Waals surface area contributed by atoms with Gasteiger partial charge in [0.2, 0.25) is 5.88 Å². The molecule has 1 aliphatic carbocycles. The van der Waals surface area contributed by atoms with E-state index in [0.717, 1.165) is 35.0 Å². The fraction of sp³-hybridized carbons (Fsp3) is 0.381. The molecule has 0 aliphatic heterocycles. The summed E-state index contributed by atoms with van der Waals surface area (Å²) in [6.07, 6.45) is 7.19. The molecule has 2 aromatic heterocycles. The van der Waals surface area contributed by atoms with Crippen LogP contribution in [0.3, 0.4) is 0 Å². The number of benzene rings is 1. The van der Waals surface area contributed by atoms with E-state index in [1.165, 1.54) is 41.7 Å². The zero-order chi connectivity index (χ0) is 19.5. The summed E-state index contributed by atoms with van der Waals surface area (Å²) >= 11 is 1.71. The Morgan fingerprint density at radius 2 is 1.96 bits per heavy atom. The number of nitrogens with zero attached hydrogens (tertiary/aromatic N) is 3. The lowest BCUT2D eigenvalue weighted by Crippen LogP contribution is -2.31. The van der Waals surface area contributed by atoms with Crippen molar-refractivity contribution in [3.8, 4) is 5.88 Å². The van der Waals surface area contributed by atoms with Crippen LogP contribution in [-0.2, 0) is 24.2 Å². The van der Waals surface area contributed by atoms with Crippen LogP contribution in [0, 0.1) is 5.82 Å². The molecule has 0 N–H and O–H groups in total. The molecule has 28 heavy (non-hydrogen) atoms. The van der Waals surface area contributed by atoms with Crippen LogP contribution in [-0.4, -0.2) is 34.4 Å². The maximum atomic E-state index is 13.0. The van der Waals surface area contributed by atoms with Gasteiger partial charge in [0.15, 0.2) is 6.61 Å². The molecule has 4 rings (SSSR count). The summed E-state index contributed by atoms with van der Waals surface area (Å²) in [4.78, 5) is 25.1. The van der Waals surface area contributed by atoms with Crippen molar-refractivity contribution in [3.63, 3.8) is 0 Å². The van der Waals surface area contributed by atoms with Crippen molar-refractivity contribution in [1.82, 2.24) is 14.9 Å². The lowest BCUT2D eigenvalue weighted by molar-refractivity contribution is -0.132. The van der Waals surface area contributed by atoms with E-state index < -0.39 is 0 Å². The van der Waals surface area contributed by atoms with Gasteiger partial charge in [-0.15, -0.1) is 11.3 Å². The number of aromatic nitrogens is 2. The second kappa shape index (κ2) is 8.22. The Balaban J connectivity index is 1.47. The molecule has 0 fully saturated rings. The number of carbonyl (C=O) groups is 1. The molecule has 0 saturated carbocycles. The molecule has 0 atom stereocenters. The molecule has 5 nitrogen and oxygen atoms in total. The summed E-state index contributed by atoms with van der Waals surface area (Å²) in [5.41, 5.74) is 2.16. The van der Waals surface area contributed by atoms with Crippen molar-refractivity contribution >= 4 is 27.5 Å². The van der Waals surface area contributed by atoms with Crippen molar-refractivity contribution in [2.75, 3.05) is 13.7 Å². The van der Waals surface area contributed by atoms with Gasteiger partial charge < -0.3 is 9.64 Å². The van der Waals surface area contributed by atoms with Crippen LogP contribution in [0.1, 0.15) is 35.3 Å². The van der Waals surface area contributed by atoms with Gasteiger partial charge in [-0.25, -0.2) is 14.4 Å². The first-order valence-corrected chi connectivity index (χ1v) is 10.3. The minimum absolute atomic E-state index is 0.0889. The Morgan fingerprint density at radius 3 is 2.79 bits per heavy atom. The fourth-order valence-electron chi connectivity index (χ4n) is 3.54. The predicted molar refractivity (Wildman–Crippen MR) is 107 cm³/mol. The fourth-order valence-corrected chi connectivity index (χ4v) is 4.76. The topological polar surface area (TPSA) is 55.3 Å². The van der Waals surface area contributed by atoms with Crippen LogP contribution in [0.4, 0.5) is 4.39 Å². The van der Waals surface area contributed by atoms with Gasteiger partial charge >= 0.3 is 0 Å². The Bertz CT molecular complexity index is 987. The van der Waals surface area contributed by atoms with Crippen molar-refractivity contribution in [2.45, 2.75) is 38.6 Å². The van der Waals surface area contributed by atoms with Crippen LogP contribution < -0.4 is 4.74 Å². The quantitative estimate of drug-likeness (QED) is 0.605. The first kappa shape index (κ1) is 18.8. The van der Waals surface area contributed by atoms with E-state index in [1.807, 2.05) is 0 Å². The van der Waals surface area contributed by atoms with E-state index in [-0.39, 0.29) is 18.3 Å². The van der Waals surface area contributed by atoms with Gasteiger partial charge in [-0.2, -0.15) is 0 Å². The van der Waals surface area contributed by atoms with Gasteiger partial charge in [0, 0.05) is 18.5 Å². The molecule has 3 aromatic rings. The number of carbonyl (C=O) groups excluding carboxylic acids is 1. The average molecular weight is 399 g/mol. The standard InChI is InChI=1S/C21H22FN3O2S/c1-25(11-14-7-9-15(22)10-8-14)18(26)12-27-20-19-16-5-3-2-4-6-17(16)28-21(19)24-13-23-20/h7-10,13H,2-6,11-12H2,1H3. The van der Waals surface area contributed by atoms with E-state index in [2.05, 4.69) is 9.97 Å². The van der Waals surface area contributed by atoms with E-state index in [1.54, 1.807) is 35.4 Å². The normalized spacial score (nSPS) is 13.8. The van der Waals surface area contributed by atoms with Crippen LogP contribution in [0.25, 0.3) is 10.2 Å². The third-order valence-electron chi connectivity index (χ3n) is 5.06. The zero-order valence-electron chi connectivity index (χ0n) is 15.8. The predicted octanol–water partition coefficient (Wildman–Crippen LogP) is 4.14. The van der Waals surface area contributed by atoms with Gasteiger partial charge in [0.25, 0.3) is 5.91 Å². The summed E-state index contributed by atoms with van der Waals surface area (Å²) in [6, 6.07) is 6.14. The number of aryl methyl sites for hydroxylation is 2. The summed E-state index contributed by atoms with van der Waals surface area (Å²) < 4.78 is 18.9. The summed E-state index contributed by atoms with van der Waals surface area (Å²) in [7, 11) is 1.71. The summed E-state index contributed by atoms with van der Waals surface area (Å²) in [5.74, 6) is 0.0501. The third-order valence-corrected chi connectivity index (χ3v) is 6.26. The van der Waals surface area contributed by atoms with Crippen molar-refractivity contribution in [2.24, 2.45) is 0 Å². The number of rotatable bonds is 5. The van der Waals surface area contributed by atoms with Crippen LogP contribution in [0.15, 0.2) is 30.6 Å². The molecule has 0 saturated heterocycles. The smallest absolute Gasteiger partial charge is 0.260 e. The lowest BCUT2D eigenvalue weighted by Gasteiger charge is -2.17. The van der Waals surface area contributed by atoms with E-state index in [9.17, 15) is 9.18 Å². The van der Waals surface area contributed by atoms with Gasteiger partial charge in [0.1, 0.15) is 17.0 Å². The largest absolute Gasteiger partial charge is 0.467 e. The third kappa shape index (κ3) is 3.99. The van der Waals surface area contributed by atoms with E-state index in [4.69, 9.17) is 4.74 Å². The number of halogens is 1. The molecule has 0 spiro atoms. The van der Waals surface area contributed by atoms with Crippen LogP contribution >= 0.6 is 11.3 Å². The molecule has 0 unspecified atom stereocenters. The van der Waals surface area contributed by atoms with Gasteiger partial charge in [-0.1, -0.05) is 18.6 Å². The molecule has 7 heteroatoms. The molecule has 2 heterocycles. The number of hydrogen-bond donors (Lipinski definition) is 0. The Labute approximate surface area is 167 Å². The average Bonchev–Trinajstić information content (AvgIpc) is 2.90. The van der Waals surface area contributed by atoms with Gasteiger partial charge in [-0.05, 0) is 48.9 Å². The SMILES string of the molecule is CN(Cc1ccc(F)cc1)C(=O)COc1ncnc2sc3c(c12)CCCCC3. The molecule has 146 valence electrons. The first-order valence-electron chi connectivity index (χ1n) is 9.48. The molecular formula is C21H22FN3O2S. The zero-order valence-corrected chi connectivity index (χ0v) is 16.6. The van der Waals surface area contributed by atoms with Crippen molar-refractivity contribution < 1.29 is 13.9 Å². The second-order valence-electron chi connectivity index (χ2n) is 7.09. The second-order valence-corrected chi connectivity index (χ2v) is 8.17. The number of ether oxygens (including phenoxy) is 1. The molecule has 0 radical (unpaired) electrons.